The van der Waals surface area contributed by atoms with Crippen LogP contribution in [0.4, 0.5) is 0 Å². The third-order valence-electron chi connectivity index (χ3n) is 3.34. The van der Waals surface area contributed by atoms with Crippen LogP contribution in [0.3, 0.4) is 0 Å². The third-order valence-corrected chi connectivity index (χ3v) is 3.87. The van der Waals surface area contributed by atoms with E-state index in [0.717, 1.165) is 17.5 Å². The minimum Gasteiger partial charge on any atom is -0.373 e. The standard InChI is InChI=1S/C15H21BrO2/c1-2-3-4-5-14-10-18-15(11-17-14)12-6-8-13(16)9-7-12/h6-9,14-15H,2-5,10-11H2,1H3/t14-,15-/m0/s1. The van der Waals surface area contributed by atoms with Gasteiger partial charge in [0.2, 0.25) is 0 Å². The first-order valence-electron chi connectivity index (χ1n) is 6.78. The van der Waals surface area contributed by atoms with E-state index >= 15 is 0 Å². The van der Waals surface area contributed by atoms with Crippen molar-refractivity contribution in [2.24, 2.45) is 0 Å². The summed E-state index contributed by atoms with van der Waals surface area (Å²) in [6.07, 6.45) is 5.31. The molecule has 1 aliphatic rings. The van der Waals surface area contributed by atoms with Gasteiger partial charge in [0.05, 0.1) is 19.3 Å². The van der Waals surface area contributed by atoms with Gasteiger partial charge in [-0.1, -0.05) is 54.2 Å². The molecular formula is C15H21BrO2. The SMILES string of the molecule is CCCCC[C@H]1CO[C@H](c2ccc(Br)cc2)CO1. The van der Waals surface area contributed by atoms with Crippen molar-refractivity contribution >= 4 is 15.9 Å². The number of benzene rings is 1. The molecule has 1 aliphatic heterocycles. The minimum atomic E-state index is 0.0977. The summed E-state index contributed by atoms with van der Waals surface area (Å²) >= 11 is 3.44. The lowest BCUT2D eigenvalue weighted by Crippen LogP contribution is -2.31. The molecule has 2 rings (SSSR count). The second kappa shape index (κ2) is 7.27. The third kappa shape index (κ3) is 4.08. The maximum Gasteiger partial charge on any atom is 0.106 e. The van der Waals surface area contributed by atoms with Gasteiger partial charge in [-0.2, -0.15) is 0 Å². The summed E-state index contributed by atoms with van der Waals surface area (Å²) < 4.78 is 12.9. The average molecular weight is 313 g/mol. The van der Waals surface area contributed by atoms with Crippen LogP contribution in [0.15, 0.2) is 28.7 Å². The smallest absolute Gasteiger partial charge is 0.106 e. The van der Waals surface area contributed by atoms with Crippen LogP contribution in [0, 0.1) is 0 Å². The van der Waals surface area contributed by atoms with Gasteiger partial charge < -0.3 is 9.47 Å². The fourth-order valence-corrected chi connectivity index (χ4v) is 2.47. The van der Waals surface area contributed by atoms with Crippen molar-refractivity contribution in [1.82, 2.24) is 0 Å². The van der Waals surface area contributed by atoms with Crippen LogP contribution in [0.5, 0.6) is 0 Å². The Bertz CT molecular complexity index is 342. The normalized spacial score (nSPS) is 24.1. The Morgan fingerprint density at radius 1 is 1.11 bits per heavy atom. The number of rotatable bonds is 5. The summed E-state index contributed by atoms with van der Waals surface area (Å²) in [5.74, 6) is 0. The zero-order valence-electron chi connectivity index (χ0n) is 10.9. The van der Waals surface area contributed by atoms with E-state index in [1.165, 1.54) is 24.8 Å². The molecule has 0 aromatic heterocycles. The molecule has 18 heavy (non-hydrogen) atoms. The van der Waals surface area contributed by atoms with Crippen molar-refractivity contribution in [2.75, 3.05) is 13.2 Å². The summed E-state index contributed by atoms with van der Waals surface area (Å²) in [6.45, 7) is 3.63. The monoisotopic (exact) mass is 312 g/mol. The number of hydrogen-bond donors (Lipinski definition) is 0. The molecule has 2 atom stereocenters. The molecule has 2 nitrogen and oxygen atoms in total. The number of hydrogen-bond acceptors (Lipinski definition) is 2. The Labute approximate surface area is 118 Å². The van der Waals surface area contributed by atoms with Crippen LogP contribution in [0.25, 0.3) is 0 Å². The second-order valence-corrected chi connectivity index (χ2v) is 5.74. The number of ether oxygens (including phenoxy) is 2. The molecule has 0 unspecified atom stereocenters. The van der Waals surface area contributed by atoms with Gasteiger partial charge in [0.1, 0.15) is 6.10 Å². The summed E-state index contributed by atoms with van der Waals surface area (Å²) in [6, 6.07) is 8.28. The van der Waals surface area contributed by atoms with Crippen molar-refractivity contribution in [1.29, 1.82) is 0 Å². The summed E-state index contributed by atoms with van der Waals surface area (Å²) in [7, 11) is 0. The van der Waals surface area contributed by atoms with E-state index in [4.69, 9.17) is 9.47 Å². The molecule has 1 saturated heterocycles. The molecule has 0 bridgehead atoms. The molecule has 3 heteroatoms. The fraction of sp³-hybridized carbons (Fsp3) is 0.600. The van der Waals surface area contributed by atoms with Crippen LogP contribution in [0.1, 0.15) is 44.3 Å². The van der Waals surface area contributed by atoms with E-state index in [0.29, 0.717) is 12.7 Å². The number of halogens is 1. The highest BCUT2D eigenvalue weighted by Gasteiger charge is 2.22. The molecule has 0 N–H and O–H groups in total. The molecule has 0 aliphatic carbocycles. The molecule has 1 fully saturated rings. The van der Waals surface area contributed by atoms with E-state index in [-0.39, 0.29) is 6.10 Å². The highest BCUT2D eigenvalue weighted by molar-refractivity contribution is 9.10. The average Bonchev–Trinajstić information content (AvgIpc) is 2.41. The quantitative estimate of drug-likeness (QED) is 0.746. The Morgan fingerprint density at radius 2 is 1.89 bits per heavy atom. The number of unbranched alkanes of at least 4 members (excludes halogenated alkanes) is 2. The lowest BCUT2D eigenvalue weighted by atomic mass is 10.1. The predicted octanol–water partition coefficient (Wildman–Crippen LogP) is 4.49. The molecule has 1 heterocycles. The van der Waals surface area contributed by atoms with Gasteiger partial charge in [0.15, 0.2) is 0 Å². The van der Waals surface area contributed by atoms with Gasteiger partial charge in [-0.05, 0) is 24.1 Å². The second-order valence-electron chi connectivity index (χ2n) is 4.82. The van der Waals surface area contributed by atoms with Gasteiger partial charge in [-0.3, -0.25) is 0 Å². The molecule has 1 aromatic carbocycles. The first-order valence-corrected chi connectivity index (χ1v) is 7.57. The van der Waals surface area contributed by atoms with Gasteiger partial charge in [0, 0.05) is 4.47 Å². The molecule has 0 saturated carbocycles. The van der Waals surface area contributed by atoms with Crippen LogP contribution < -0.4 is 0 Å². The van der Waals surface area contributed by atoms with Crippen molar-refractivity contribution < 1.29 is 9.47 Å². The first-order chi connectivity index (χ1) is 8.79. The molecule has 1 aromatic rings. The van der Waals surface area contributed by atoms with Gasteiger partial charge in [-0.25, -0.2) is 0 Å². The lowest BCUT2D eigenvalue weighted by molar-refractivity contribution is -0.137. The van der Waals surface area contributed by atoms with Gasteiger partial charge in [-0.15, -0.1) is 0 Å². The maximum absolute atomic E-state index is 5.91. The molecule has 0 spiro atoms. The van der Waals surface area contributed by atoms with Crippen molar-refractivity contribution in [3.63, 3.8) is 0 Å². The van der Waals surface area contributed by atoms with E-state index in [1.807, 2.05) is 12.1 Å². The molecule has 0 radical (unpaired) electrons. The lowest BCUT2D eigenvalue weighted by Gasteiger charge is -2.30. The van der Waals surface area contributed by atoms with E-state index < -0.39 is 0 Å². The van der Waals surface area contributed by atoms with Crippen molar-refractivity contribution in [3.05, 3.63) is 34.3 Å². The Kier molecular flexibility index (Phi) is 5.67. The summed E-state index contributed by atoms with van der Waals surface area (Å²) in [4.78, 5) is 0. The highest BCUT2D eigenvalue weighted by Crippen LogP contribution is 2.25. The Hall–Kier alpha value is -0.380. The van der Waals surface area contributed by atoms with Crippen LogP contribution in [-0.2, 0) is 9.47 Å². The minimum absolute atomic E-state index is 0.0977. The Balaban J connectivity index is 1.77. The highest BCUT2D eigenvalue weighted by atomic mass is 79.9. The van der Waals surface area contributed by atoms with Crippen LogP contribution in [-0.4, -0.2) is 19.3 Å². The predicted molar refractivity (Wildman–Crippen MR) is 76.7 cm³/mol. The fourth-order valence-electron chi connectivity index (χ4n) is 2.20. The topological polar surface area (TPSA) is 18.5 Å². The maximum atomic E-state index is 5.91. The van der Waals surface area contributed by atoms with E-state index in [2.05, 4.69) is 35.0 Å². The largest absolute Gasteiger partial charge is 0.373 e. The van der Waals surface area contributed by atoms with Gasteiger partial charge >= 0.3 is 0 Å². The van der Waals surface area contributed by atoms with E-state index in [9.17, 15) is 0 Å². The zero-order valence-corrected chi connectivity index (χ0v) is 12.5. The molecular weight excluding hydrogens is 292 g/mol. The zero-order chi connectivity index (χ0) is 12.8. The van der Waals surface area contributed by atoms with Crippen LogP contribution in [0.2, 0.25) is 0 Å². The van der Waals surface area contributed by atoms with Crippen molar-refractivity contribution in [2.45, 2.75) is 44.8 Å². The molecule has 100 valence electrons. The summed E-state index contributed by atoms with van der Waals surface area (Å²) in [5.41, 5.74) is 1.20. The van der Waals surface area contributed by atoms with Gasteiger partial charge in [0.25, 0.3) is 0 Å². The van der Waals surface area contributed by atoms with E-state index in [1.54, 1.807) is 0 Å². The Morgan fingerprint density at radius 3 is 2.50 bits per heavy atom. The van der Waals surface area contributed by atoms with Crippen LogP contribution >= 0.6 is 15.9 Å². The summed E-state index contributed by atoms with van der Waals surface area (Å²) in [5, 5.41) is 0. The molecule has 0 amide bonds. The first kappa shape index (κ1) is 14.0. The van der Waals surface area contributed by atoms with Crippen molar-refractivity contribution in [3.8, 4) is 0 Å².